The van der Waals surface area contributed by atoms with Gasteiger partial charge < -0.3 is 19.3 Å². The summed E-state index contributed by atoms with van der Waals surface area (Å²) in [5.74, 6) is 0.218. The lowest BCUT2D eigenvalue weighted by Gasteiger charge is -2.28. The number of carbonyl (C=O) groups is 4. The van der Waals surface area contributed by atoms with Crippen LogP contribution in [0.2, 0.25) is 0 Å². The van der Waals surface area contributed by atoms with E-state index in [1.807, 2.05) is 11.0 Å². The largest absolute Gasteiger partial charge is 0.469 e. The second-order valence-electron chi connectivity index (χ2n) is 20.7. The quantitative estimate of drug-likeness (QED) is 0.0257. The van der Waals surface area contributed by atoms with Crippen LogP contribution in [0.15, 0.2) is 23.3 Å². The average Bonchev–Trinajstić information content (AvgIpc) is 3.35. The molecule has 0 N–H and O–H groups in total. The average molecular weight is 971 g/mol. The van der Waals surface area contributed by atoms with E-state index in [0.717, 1.165) is 116 Å². The number of ketones is 1. The molecule has 0 aromatic rings. The van der Waals surface area contributed by atoms with Gasteiger partial charge in [0.25, 0.3) is 0 Å². The van der Waals surface area contributed by atoms with Crippen molar-refractivity contribution in [2.45, 2.75) is 271 Å². The normalized spacial score (nSPS) is 13.2. The number of amides is 1. The van der Waals surface area contributed by atoms with E-state index in [9.17, 15) is 19.2 Å². The predicted octanol–water partition coefficient (Wildman–Crippen LogP) is 15.5. The maximum absolute atomic E-state index is 13.7. The third-order valence-electron chi connectivity index (χ3n) is 14.5. The fraction of sp³-hybridized carbons (Fsp3) is 0.867. The number of nitrogens with zero attached hydrogens (tertiary/aromatic N) is 3. The summed E-state index contributed by atoms with van der Waals surface area (Å²) in [6.07, 6.45) is 48.6. The lowest BCUT2D eigenvalue weighted by atomic mass is 9.99. The molecule has 1 amide bonds. The van der Waals surface area contributed by atoms with Crippen molar-refractivity contribution < 1.29 is 28.7 Å². The Morgan fingerprint density at radius 2 is 0.797 bits per heavy atom. The van der Waals surface area contributed by atoms with Crippen LogP contribution in [0.5, 0.6) is 0 Å². The van der Waals surface area contributed by atoms with Gasteiger partial charge in [-0.25, -0.2) is 0 Å². The molecule has 1 heterocycles. The monoisotopic (exact) mass is 970 g/mol. The van der Waals surface area contributed by atoms with E-state index in [2.05, 4.69) is 36.6 Å². The number of allylic oxidation sites excluding steroid dienone is 1. The minimum Gasteiger partial charge on any atom is -0.469 e. The number of piperidine rings is 1. The number of carbonyl (C=O) groups excluding carboxylic acids is 4. The smallest absolute Gasteiger partial charge is 0.305 e. The minimum absolute atomic E-state index is 0.105. The SMILES string of the molecule is CCCCCCCCCN(CCCCCCCC(=O)OC)CCC/C(=C/CC(=O)N1CCC(=CC(=O)CN(CCCCCCCCC)CCCCCCCCC)CC1)CCCCCCCC(=O)OC. The van der Waals surface area contributed by atoms with Crippen molar-refractivity contribution >= 4 is 23.6 Å². The summed E-state index contributed by atoms with van der Waals surface area (Å²) in [7, 11) is 2.93. The van der Waals surface area contributed by atoms with E-state index >= 15 is 0 Å². The predicted molar refractivity (Wildman–Crippen MR) is 292 cm³/mol. The van der Waals surface area contributed by atoms with E-state index in [-0.39, 0.29) is 23.6 Å². The zero-order chi connectivity index (χ0) is 50.3. The van der Waals surface area contributed by atoms with Gasteiger partial charge in [0.2, 0.25) is 5.91 Å². The molecule has 1 aliphatic heterocycles. The lowest BCUT2D eigenvalue weighted by molar-refractivity contribution is -0.141. The maximum Gasteiger partial charge on any atom is 0.305 e. The third kappa shape index (κ3) is 39.7. The van der Waals surface area contributed by atoms with Crippen LogP contribution in [0.4, 0.5) is 0 Å². The summed E-state index contributed by atoms with van der Waals surface area (Å²) in [4.78, 5) is 57.4. The van der Waals surface area contributed by atoms with E-state index in [1.54, 1.807) is 0 Å². The van der Waals surface area contributed by atoms with Crippen LogP contribution in [-0.2, 0) is 28.7 Å². The molecule has 0 aromatic heterocycles. The summed E-state index contributed by atoms with van der Waals surface area (Å²) in [6.45, 7) is 14.2. The number of esters is 2. The van der Waals surface area contributed by atoms with Gasteiger partial charge in [-0.1, -0.05) is 192 Å². The summed E-state index contributed by atoms with van der Waals surface area (Å²) in [6, 6.07) is 0. The van der Waals surface area contributed by atoms with E-state index in [0.29, 0.717) is 38.9 Å². The maximum atomic E-state index is 13.7. The molecule has 1 fully saturated rings. The summed E-state index contributed by atoms with van der Waals surface area (Å²) in [5, 5.41) is 0. The minimum atomic E-state index is -0.124. The molecule has 0 aromatic carbocycles. The second-order valence-corrected chi connectivity index (χ2v) is 20.7. The summed E-state index contributed by atoms with van der Waals surface area (Å²) >= 11 is 0. The molecule has 402 valence electrons. The van der Waals surface area contributed by atoms with Crippen molar-refractivity contribution in [3.63, 3.8) is 0 Å². The molecule has 9 heteroatoms. The van der Waals surface area contributed by atoms with Crippen molar-refractivity contribution in [3.05, 3.63) is 23.3 Å². The third-order valence-corrected chi connectivity index (χ3v) is 14.5. The Kier molecular flexibility index (Phi) is 44.7. The van der Waals surface area contributed by atoms with Crippen LogP contribution in [0.1, 0.15) is 271 Å². The topological polar surface area (TPSA) is 96.5 Å². The summed E-state index contributed by atoms with van der Waals surface area (Å²) in [5.41, 5.74) is 2.62. The molecular weight excluding hydrogens is 859 g/mol. The Morgan fingerprint density at radius 3 is 1.22 bits per heavy atom. The first-order chi connectivity index (χ1) is 33.8. The zero-order valence-electron chi connectivity index (χ0n) is 46.2. The summed E-state index contributed by atoms with van der Waals surface area (Å²) < 4.78 is 9.63. The standard InChI is InChI=1S/C60H111N3O6/c1-6-9-12-15-18-26-33-46-61(47-34-29-22-25-32-41-60(67)69-5)50-37-39-55(38-30-23-21-24-31-40-59(66)68-4)42-43-58(65)63-51-44-56(45-52-63)53-57(64)54-62(48-35-27-19-16-13-10-7-2)49-36-28-20-17-14-11-8-3/h42,53H,6-41,43-52,54H2,1-5H3/b55-42+. The Labute approximate surface area is 426 Å². The first kappa shape index (κ1) is 64.5. The number of likely N-dealkylation sites (tertiary alicyclic amines) is 1. The van der Waals surface area contributed by atoms with Gasteiger partial charge in [0.1, 0.15) is 0 Å². The van der Waals surface area contributed by atoms with E-state index in [4.69, 9.17) is 9.47 Å². The number of rotatable bonds is 49. The molecular formula is C60H111N3O6. The van der Waals surface area contributed by atoms with E-state index < -0.39 is 0 Å². The fourth-order valence-electron chi connectivity index (χ4n) is 9.87. The molecule has 0 saturated carbocycles. The molecule has 9 nitrogen and oxygen atoms in total. The van der Waals surface area contributed by atoms with Crippen molar-refractivity contribution in [1.29, 1.82) is 0 Å². The van der Waals surface area contributed by atoms with Gasteiger partial charge in [-0.05, 0) is 116 Å². The van der Waals surface area contributed by atoms with Crippen molar-refractivity contribution in [2.75, 3.05) is 66.6 Å². The first-order valence-electron chi connectivity index (χ1n) is 29.5. The van der Waals surface area contributed by atoms with Crippen LogP contribution in [0, 0.1) is 0 Å². The Morgan fingerprint density at radius 1 is 0.449 bits per heavy atom. The number of unbranched alkanes of at least 4 members (excludes halogenated alkanes) is 26. The van der Waals surface area contributed by atoms with Gasteiger partial charge in [0, 0.05) is 32.4 Å². The highest BCUT2D eigenvalue weighted by molar-refractivity contribution is 5.92. The molecule has 1 rings (SSSR count). The van der Waals surface area contributed by atoms with Gasteiger partial charge in [-0.15, -0.1) is 0 Å². The Balaban J connectivity index is 2.82. The van der Waals surface area contributed by atoms with Gasteiger partial charge >= 0.3 is 11.9 Å². The van der Waals surface area contributed by atoms with Crippen LogP contribution in [0.3, 0.4) is 0 Å². The second kappa shape index (κ2) is 47.8. The van der Waals surface area contributed by atoms with Gasteiger partial charge in [0.05, 0.1) is 20.8 Å². The van der Waals surface area contributed by atoms with Gasteiger partial charge in [-0.3, -0.25) is 24.1 Å². The van der Waals surface area contributed by atoms with Gasteiger partial charge in [0.15, 0.2) is 5.78 Å². The number of hydrogen-bond donors (Lipinski definition) is 0. The number of hydrogen-bond acceptors (Lipinski definition) is 8. The molecule has 0 bridgehead atoms. The number of ether oxygens (including phenoxy) is 2. The van der Waals surface area contributed by atoms with Crippen LogP contribution < -0.4 is 0 Å². The molecule has 0 radical (unpaired) electrons. The van der Waals surface area contributed by atoms with Crippen molar-refractivity contribution in [3.8, 4) is 0 Å². The molecule has 69 heavy (non-hydrogen) atoms. The molecule has 1 aliphatic rings. The highest BCUT2D eigenvalue weighted by atomic mass is 16.5. The molecule has 1 saturated heterocycles. The first-order valence-corrected chi connectivity index (χ1v) is 29.5. The fourth-order valence-corrected chi connectivity index (χ4v) is 9.87. The molecule has 0 spiro atoms. The van der Waals surface area contributed by atoms with Crippen LogP contribution in [0.25, 0.3) is 0 Å². The Bertz CT molecular complexity index is 1290. The number of methoxy groups -OCH3 is 2. The lowest BCUT2D eigenvalue weighted by Crippen LogP contribution is -2.36. The van der Waals surface area contributed by atoms with Crippen LogP contribution >= 0.6 is 0 Å². The van der Waals surface area contributed by atoms with Crippen molar-refractivity contribution in [2.24, 2.45) is 0 Å². The highest BCUT2D eigenvalue weighted by Gasteiger charge is 2.20. The molecule has 0 aliphatic carbocycles. The van der Waals surface area contributed by atoms with E-state index in [1.165, 1.54) is 173 Å². The zero-order valence-corrected chi connectivity index (χ0v) is 46.2. The highest BCUT2D eigenvalue weighted by Crippen LogP contribution is 2.22. The van der Waals surface area contributed by atoms with Crippen molar-refractivity contribution in [1.82, 2.24) is 14.7 Å². The molecule has 0 unspecified atom stereocenters. The molecule has 0 atom stereocenters. The Hall–Kier alpha value is -2.52. The van der Waals surface area contributed by atoms with Crippen LogP contribution in [-0.4, -0.2) is 105 Å². The van der Waals surface area contributed by atoms with Gasteiger partial charge in [-0.2, -0.15) is 0 Å².